The molecule has 1 amide bonds. The fraction of sp³-hybridized carbons (Fsp3) is 0.632. The standard InChI is InChI=1S/C19H32N6O2/c1-19(2,3)27-18(26)23-15-9-11-25(13-15)17(20-4)22-12-14-8-7-10-21-16(14)24(5)6/h7-8,10,15H,9,11-13H2,1-6H3,(H,20,22)(H,23,26). The van der Waals surface area contributed by atoms with Gasteiger partial charge in [-0.2, -0.15) is 0 Å². The first-order valence-electron chi connectivity index (χ1n) is 9.26. The van der Waals surface area contributed by atoms with Crippen LogP contribution in [0, 0.1) is 0 Å². The smallest absolute Gasteiger partial charge is 0.407 e. The lowest BCUT2D eigenvalue weighted by Gasteiger charge is -2.24. The highest BCUT2D eigenvalue weighted by Crippen LogP contribution is 2.15. The number of carbonyl (C=O) groups excluding carboxylic acids is 1. The van der Waals surface area contributed by atoms with Crippen molar-refractivity contribution in [2.45, 2.75) is 45.4 Å². The maximum atomic E-state index is 12.0. The number of hydrogen-bond donors (Lipinski definition) is 2. The number of nitrogens with one attached hydrogen (secondary N) is 2. The lowest BCUT2D eigenvalue weighted by atomic mass is 10.2. The summed E-state index contributed by atoms with van der Waals surface area (Å²) in [6, 6.07) is 4.04. The number of nitrogens with zero attached hydrogens (tertiary/aromatic N) is 4. The van der Waals surface area contributed by atoms with Gasteiger partial charge < -0.3 is 25.2 Å². The van der Waals surface area contributed by atoms with Crippen molar-refractivity contribution in [3.8, 4) is 0 Å². The molecule has 150 valence electrons. The second kappa shape index (κ2) is 8.92. The molecule has 0 radical (unpaired) electrons. The van der Waals surface area contributed by atoms with Gasteiger partial charge >= 0.3 is 6.09 Å². The van der Waals surface area contributed by atoms with Gasteiger partial charge in [-0.15, -0.1) is 0 Å². The van der Waals surface area contributed by atoms with Crippen molar-refractivity contribution < 1.29 is 9.53 Å². The van der Waals surface area contributed by atoms with Crippen LogP contribution in [0.2, 0.25) is 0 Å². The van der Waals surface area contributed by atoms with Crippen LogP contribution in [0.15, 0.2) is 23.3 Å². The number of aliphatic imine (C=N–C) groups is 1. The SMILES string of the molecule is CN=C(NCc1cccnc1N(C)C)N1CCC(NC(=O)OC(C)(C)C)C1. The summed E-state index contributed by atoms with van der Waals surface area (Å²) in [5, 5.41) is 6.34. The number of carbonyl (C=O) groups is 1. The lowest BCUT2D eigenvalue weighted by molar-refractivity contribution is 0.0507. The Kier molecular flexibility index (Phi) is 6.87. The third-order valence-corrected chi connectivity index (χ3v) is 4.15. The molecule has 27 heavy (non-hydrogen) atoms. The quantitative estimate of drug-likeness (QED) is 0.616. The van der Waals surface area contributed by atoms with E-state index in [1.165, 1.54) is 0 Å². The maximum Gasteiger partial charge on any atom is 0.407 e. The topological polar surface area (TPSA) is 82.1 Å². The normalized spacial score (nSPS) is 17.6. The highest BCUT2D eigenvalue weighted by Gasteiger charge is 2.27. The lowest BCUT2D eigenvalue weighted by Crippen LogP contribution is -2.44. The second-order valence-electron chi connectivity index (χ2n) is 7.86. The number of guanidine groups is 1. The zero-order chi connectivity index (χ0) is 20.0. The molecule has 0 bridgehead atoms. The highest BCUT2D eigenvalue weighted by atomic mass is 16.6. The minimum absolute atomic E-state index is 0.0501. The monoisotopic (exact) mass is 376 g/mol. The Morgan fingerprint density at radius 1 is 1.44 bits per heavy atom. The summed E-state index contributed by atoms with van der Waals surface area (Å²) in [6.45, 7) is 7.74. The molecule has 0 spiro atoms. The van der Waals surface area contributed by atoms with Gasteiger partial charge in [-0.1, -0.05) is 6.07 Å². The molecule has 1 saturated heterocycles. The van der Waals surface area contributed by atoms with Crippen LogP contribution in [0.4, 0.5) is 10.6 Å². The molecule has 0 aromatic carbocycles. The van der Waals surface area contributed by atoms with E-state index in [0.717, 1.165) is 30.3 Å². The van der Waals surface area contributed by atoms with E-state index in [1.54, 1.807) is 13.2 Å². The number of likely N-dealkylation sites (tertiary alicyclic amines) is 1. The third-order valence-electron chi connectivity index (χ3n) is 4.15. The van der Waals surface area contributed by atoms with Crippen molar-refractivity contribution in [3.63, 3.8) is 0 Å². The van der Waals surface area contributed by atoms with Crippen molar-refractivity contribution in [3.05, 3.63) is 23.9 Å². The van der Waals surface area contributed by atoms with Gasteiger partial charge in [0.1, 0.15) is 11.4 Å². The molecule has 1 aromatic heterocycles. The number of rotatable bonds is 4. The summed E-state index contributed by atoms with van der Waals surface area (Å²) in [7, 11) is 5.73. The summed E-state index contributed by atoms with van der Waals surface area (Å²) in [6.07, 6.45) is 2.28. The zero-order valence-electron chi connectivity index (χ0n) is 17.2. The summed E-state index contributed by atoms with van der Waals surface area (Å²) >= 11 is 0. The van der Waals surface area contributed by atoms with Crippen LogP contribution >= 0.6 is 0 Å². The number of amides is 1. The van der Waals surface area contributed by atoms with Crippen molar-refractivity contribution >= 4 is 17.9 Å². The molecule has 1 aliphatic rings. The minimum atomic E-state index is -0.492. The molecule has 2 heterocycles. The molecule has 8 nitrogen and oxygen atoms in total. The van der Waals surface area contributed by atoms with E-state index in [4.69, 9.17) is 4.74 Å². The Balaban J connectivity index is 1.89. The van der Waals surface area contributed by atoms with Gasteiger partial charge in [0.25, 0.3) is 0 Å². The molecule has 0 aliphatic carbocycles. The first-order chi connectivity index (χ1) is 12.7. The van der Waals surface area contributed by atoms with Crippen LogP contribution < -0.4 is 15.5 Å². The summed E-state index contributed by atoms with van der Waals surface area (Å²) in [5.74, 6) is 1.75. The second-order valence-corrected chi connectivity index (χ2v) is 7.86. The van der Waals surface area contributed by atoms with E-state index in [9.17, 15) is 4.79 Å². The predicted molar refractivity (Wildman–Crippen MR) is 108 cm³/mol. The minimum Gasteiger partial charge on any atom is -0.444 e. The van der Waals surface area contributed by atoms with Crippen LogP contribution in [0.3, 0.4) is 0 Å². The molecule has 0 saturated carbocycles. The average molecular weight is 377 g/mol. The molecular formula is C19H32N6O2. The van der Waals surface area contributed by atoms with Gasteiger partial charge in [0, 0.05) is 52.5 Å². The molecule has 2 N–H and O–H groups in total. The Morgan fingerprint density at radius 2 is 2.19 bits per heavy atom. The van der Waals surface area contributed by atoms with Crippen LogP contribution in [0.25, 0.3) is 0 Å². The van der Waals surface area contributed by atoms with Crippen LogP contribution in [-0.4, -0.2) is 67.8 Å². The number of ether oxygens (including phenoxy) is 1. The van der Waals surface area contributed by atoms with E-state index in [2.05, 4.69) is 31.6 Å². The third kappa shape index (κ3) is 6.30. The first kappa shape index (κ1) is 20.8. The van der Waals surface area contributed by atoms with Gasteiger partial charge in [0.05, 0.1) is 6.04 Å². The first-order valence-corrected chi connectivity index (χ1v) is 9.26. The summed E-state index contributed by atoms with van der Waals surface area (Å²) < 4.78 is 5.34. The molecule has 1 aliphatic heterocycles. The van der Waals surface area contributed by atoms with Crippen molar-refractivity contribution in [1.29, 1.82) is 0 Å². The van der Waals surface area contributed by atoms with E-state index in [-0.39, 0.29) is 12.1 Å². The van der Waals surface area contributed by atoms with Gasteiger partial charge in [-0.3, -0.25) is 4.99 Å². The van der Waals surface area contributed by atoms with Gasteiger partial charge in [0.2, 0.25) is 0 Å². The zero-order valence-corrected chi connectivity index (χ0v) is 17.2. The Bertz CT molecular complexity index is 668. The number of anilines is 1. The summed E-state index contributed by atoms with van der Waals surface area (Å²) in [4.78, 5) is 24.9. The fourth-order valence-electron chi connectivity index (χ4n) is 3.02. The van der Waals surface area contributed by atoms with Crippen molar-refractivity contribution in [1.82, 2.24) is 20.5 Å². The molecule has 8 heteroatoms. The van der Waals surface area contributed by atoms with Gasteiger partial charge in [-0.25, -0.2) is 9.78 Å². The number of hydrogen-bond acceptors (Lipinski definition) is 5. The predicted octanol–water partition coefficient (Wildman–Crippen LogP) is 1.82. The largest absolute Gasteiger partial charge is 0.444 e. The molecule has 1 aromatic rings. The number of pyridine rings is 1. The Morgan fingerprint density at radius 3 is 2.81 bits per heavy atom. The van der Waals surface area contributed by atoms with Crippen LogP contribution in [0.5, 0.6) is 0 Å². The Hall–Kier alpha value is -2.51. The van der Waals surface area contributed by atoms with E-state index >= 15 is 0 Å². The van der Waals surface area contributed by atoms with E-state index in [1.807, 2.05) is 45.8 Å². The molecular weight excluding hydrogens is 344 g/mol. The number of aromatic nitrogens is 1. The molecule has 1 atom stereocenters. The van der Waals surface area contributed by atoms with Crippen LogP contribution in [-0.2, 0) is 11.3 Å². The van der Waals surface area contributed by atoms with Gasteiger partial charge in [0.15, 0.2) is 5.96 Å². The number of alkyl carbamates (subject to hydrolysis) is 1. The van der Waals surface area contributed by atoms with E-state index < -0.39 is 5.60 Å². The Labute approximate surface area is 162 Å². The maximum absolute atomic E-state index is 12.0. The van der Waals surface area contributed by atoms with Gasteiger partial charge in [-0.05, 0) is 33.3 Å². The van der Waals surface area contributed by atoms with E-state index in [0.29, 0.717) is 13.1 Å². The van der Waals surface area contributed by atoms with Crippen molar-refractivity contribution in [2.75, 3.05) is 39.1 Å². The molecule has 1 fully saturated rings. The van der Waals surface area contributed by atoms with Crippen molar-refractivity contribution in [2.24, 2.45) is 4.99 Å². The highest BCUT2D eigenvalue weighted by molar-refractivity contribution is 5.80. The summed E-state index contributed by atoms with van der Waals surface area (Å²) in [5.41, 5.74) is 0.611. The molecule has 1 unspecified atom stereocenters. The van der Waals surface area contributed by atoms with Crippen LogP contribution in [0.1, 0.15) is 32.8 Å². The fourth-order valence-corrected chi connectivity index (χ4v) is 3.02. The molecule has 2 rings (SSSR count). The average Bonchev–Trinajstić information content (AvgIpc) is 3.02.